The van der Waals surface area contributed by atoms with E-state index in [4.69, 9.17) is 9.73 Å². The Hall–Kier alpha value is -3.07. The normalized spacial score (nSPS) is 18.1. The van der Waals surface area contributed by atoms with Gasteiger partial charge in [0.1, 0.15) is 17.5 Å². The maximum Gasteiger partial charge on any atom is 0.127 e. The highest BCUT2D eigenvalue weighted by Crippen LogP contribution is 2.29. The Morgan fingerprint density at radius 3 is 1.76 bits per heavy atom. The Balaban J connectivity index is 1.54. The molecule has 0 bridgehead atoms. The van der Waals surface area contributed by atoms with Crippen LogP contribution in [0.1, 0.15) is 81.4 Å². The van der Waals surface area contributed by atoms with Crippen molar-refractivity contribution in [3.63, 3.8) is 0 Å². The highest BCUT2D eigenvalue weighted by Gasteiger charge is 2.15. The van der Waals surface area contributed by atoms with Crippen molar-refractivity contribution in [3.05, 3.63) is 96.1 Å². The summed E-state index contributed by atoms with van der Waals surface area (Å²) in [7, 11) is 0. The summed E-state index contributed by atoms with van der Waals surface area (Å²) in [4.78, 5) is 5.31. The molecule has 178 valence electrons. The summed E-state index contributed by atoms with van der Waals surface area (Å²) in [5.74, 6) is 2.84. The van der Waals surface area contributed by atoms with Crippen LogP contribution in [0.4, 0.5) is 0 Å². The predicted octanol–water partition coefficient (Wildman–Crippen LogP) is 8.47. The summed E-state index contributed by atoms with van der Waals surface area (Å²) in [5, 5.41) is 3.70. The second-order valence-corrected chi connectivity index (χ2v) is 9.23. The van der Waals surface area contributed by atoms with Crippen LogP contribution in [0.25, 0.3) is 0 Å². The van der Waals surface area contributed by atoms with E-state index in [0.717, 1.165) is 30.3 Å². The first kappa shape index (κ1) is 24.1. The molecule has 1 aliphatic rings. The van der Waals surface area contributed by atoms with Crippen LogP contribution >= 0.6 is 0 Å². The molecular formula is C31H38N2O. The standard InChI is InChI=1S/C31H38N2O/c1-2-4-6-14-20-30(32-25-15-7-5-3-1)33-31(26-16-10-8-11-17-26)27-21-23-29(24-22-27)34-28-18-12-9-13-19-28/h8-13,16-19,21-24,31H,1-7,14-15,20,25H2,(H,32,33). The number of ether oxygens (including phenoxy) is 1. The minimum Gasteiger partial charge on any atom is -0.457 e. The number of para-hydroxylation sites is 1. The molecule has 0 radical (unpaired) electrons. The third kappa shape index (κ3) is 7.76. The molecule has 3 aromatic rings. The van der Waals surface area contributed by atoms with Crippen molar-refractivity contribution in [3.8, 4) is 11.5 Å². The largest absolute Gasteiger partial charge is 0.457 e. The fourth-order valence-corrected chi connectivity index (χ4v) is 4.56. The van der Waals surface area contributed by atoms with E-state index in [1.165, 1.54) is 68.9 Å². The van der Waals surface area contributed by atoms with Crippen LogP contribution in [0.5, 0.6) is 11.5 Å². The number of hydrogen-bond acceptors (Lipinski definition) is 2. The Morgan fingerprint density at radius 1 is 0.559 bits per heavy atom. The number of aliphatic imine (C=N–C) groups is 1. The zero-order valence-corrected chi connectivity index (χ0v) is 20.3. The van der Waals surface area contributed by atoms with Crippen molar-refractivity contribution in [2.24, 2.45) is 4.99 Å². The minimum atomic E-state index is -0.0230. The molecule has 4 rings (SSSR count). The quantitative estimate of drug-likeness (QED) is 0.419. The van der Waals surface area contributed by atoms with E-state index in [2.05, 4.69) is 59.9 Å². The summed E-state index contributed by atoms with van der Waals surface area (Å²) in [6.45, 7) is 1.02. The molecule has 1 N–H and O–H groups in total. The van der Waals surface area contributed by atoms with E-state index >= 15 is 0 Å². The van der Waals surface area contributed by atoms with Gasteiger partial charge >= 0.3 is 0 Å². The number of rotatable bonds is 5. The Morgan fingerprint density at radius 2 is 1.09 bits per heavy atom. The van der Waals surface area contributed by atoms with Gasteiger partial charge in [0.25, 0.3) is 0 Å². The molecule has 1 heterocycles. The van der Waals surface area contributed by atoms with Crippen molar-refractivity contribution in [2.45, 2.75) is 70.3 Å². The summed E-state index contributed by atoms with van der Waals surface area (Å²) in [6.07, 6.45) is 12.9. The van der Waals surface area contributed by atoms with Gasteiger partial charge < -0.3 is 10.1 Å². The first-order valence-corrected chi connectivity index (χ1v) is 13.1. The highest BCUT2D eigenvalue weighted by atomic mass is 16.5. The van der Waals surface area contributed by atoms with E-state index in [9.17, 15) is 0 Å². The van der Waals surface area contributed by atoms with Crippen LogP contribution in [0.2, 0.25) is 0 Å². The second kappa shape index (κ2) is 13.6. The molecule has 1 aliphatic heterocycles. The lowest BCUT2D eigenvalue weighted by Crippen LogP contribution is -2.25. The van der Waals surface area contributed by atoms with Gasteiger partial charge in [-0.05, 0) is 48.2 Å². The molecule has 0 aromatic heterocycles. The minimum absolute atomic E-state index is 0.0230. The SMILES string of the molecule is c1ccc(Oc2ccc(C(/N=C3/CCCCCCCCCCCN3)c3ccccc3)cc2)cc1. The lowest BCUT2D eigenvalue weighted by molar-refractivity contribution is 0.482. The van der Waals surface area contributed by atoms with Crippen molar-refractivity contribution in [2.75, 3.05) is 6.54 Å². The second-order valence-electron chi connectivity index (χ2n) is 9.23. The zero-order chi connectivity index (χ0) is 23.3. The first-order valence-electron chi connectivity index (χ1n) is 13.1. The molecule has 34 heavy (non-hydrogen) atoms. The third-order valence-corrected chi connectivity index (χ3v) is 6.49. The molecule has 3 nitrogen and oxygen atoms in total. The van der Waals surface area contributed by atoms with Gasteiger partial charge in [-0.15, -0.1) is 0 Å². The maximum absolute atomic E-state index is 6.01. The lowest BCUT2D eigenvalue weighted by atomic mass is 9.99. The number of benzene rings is 3. The molecule has 1 unspecified atom stereocenters. The average molecular weight is 455 g/mol. The molecule has 1 fully saturated rings. The van der Waals surface area contributed by atoms with Crippen LogP contribution in [0.3, 0.4) is 0 Å². The fraction of sp³-hybridized carbons (Fsp3) is 0.387. The van der Waals surface area contributed by atoms with Crippen LogP contribution < -0.4 is 10.1 Å². The average Bonchev–Trinajstić information content (AvgIpc) is 2.91. The highest BCUT2D eigenvalue weighted by molar-refractivity contribution is 5.82. The summed E-state index contributed by atoms with van der Waals surface area (Å²) in [6, 6.07) is 29.0. The summed E-state index contributed by atoms with van der Waals surface area (Å²) < 4.78 is 6.01. The van der Waals surface area contributed by atoms with E-state index in [-0.39, 0.29) is 6.04 Å². The molecule has 3 heteroatoms. The third-order valence-electron chi connectivity index (χ3n) is 6.49. The molecular weight excluding hydrogens is 416 g/mol. The van der Waals surface area contributed by atoms with Gasteiger partial charge in [0, 0.05) is 13.0 Å². The maximum atomic E-state index is 6.01. The van der Waals surface area contributed by atoms with Gasteiger partial charge in [-0.3, -0.25) is 4.99 Å². The zero-order valence-electron chi connectivity index (χ0n) is 20.3. The molecule has 0 saturated carbocycles. The number of amidine groups is 1. The summed E-state index contributed by atoms with van der Waals surface area (Å²) >= 11 is 0. The number of nitrogens with one attached hydrogen (secondary N) is 1. The fourth-order valence-electron chi connectivity index (χ4n) is 4.56. The van der Waals surface area contributed by atoms with Gasteiger partial charge in [-0.25, -0.2) is 0 Å². The number of nitrogens with zero attached hydrogens (tertiary/aromatic N) is 1. The van der Waals surface area contributed by atoms with E-state index in [1.807, 2.05) is 30.3 Å². The van der Waals surface area contributed by atoms with Crippen LogP contribution in [-0.2, 0) is 0 Å². The van der Waals surface area contributed by atoms with Gasteiger partial charge in [0.15, 0.2) is 0 Å². The van der Waals surface area contributed by atoms with Crippen LogP contribution in [-0.4, -0.2) is 12.4 Å². The van der Waals surface area contributed by atoms with Gasteiger partial charge in [0.05, 0.1) is 5.84 Å². The lowest BCUT2D eigenvalue weighted by Gasteiger charge is -2.18. The van der Waals surface area contributed by atoms with Crippen LogP contribution in [0.15, 0.2) is 89.9 Å². The van der Waals surface area contributed by atoms with E-state index in [0.29, 0.717) is 0 Å². The smallest absolute Gasteiger partial charge is 0.127 e. The molecule has 1 atom stereocenters. The van der Waals surface area contributed by atoms with Crippen molar-refractivity contribution in [1.82, 2.24) is 5.32 Å². The van der Waals surface area contributed by atoms with Crippen LogP contribution in [0, 0.1) is 0 Å². The van der Waals surface area contributed by atoms with E-state index in [1.54, 1.807) is 0 Å². The van der Waals surface area contributed by atoms with E-state index < -0.39 is 0 Å². The van der Waals surface area contributed by atoms with Gasteiger partial charge in [-0.1, -0.05) is 106 Å². The van der Waals surface area contributed by atoms with Gasteiger partial charge in [-0.2, -0.15) is 0 Å². The molecule has 0 aliphatic carbocycles. The predicted molar refractivity (Wildman–Crippen MR) is 143 cm³/mol. The molecule has 3 aromatic carbocycles. The van der Waals surface area contributed by atoms with Crippen molar-refractivity contribution >= 4 is 5.84 Å². The van der Waals surface area contributed by atoms with Gasteiger partial charge in [0.2, 0.25) is 0 Å². The molecule has 1 saturated heterocycles. The first-order chi connectivity index (χ1) is 16.9. The topological polar surface area (TPSA) is 33.6 Å². The Labute approximate surface area is 205 Å². The monoisotopic (exact) mass is 454 g/mol. The Kier molecular flexibility index (Phi) is 9.62. The van der Waals surface area contributed by atoms with Crippen molar-refractivity contribution in [1.29, 1.82) is 0 Å². The summed E-state index contributed by atoms with van der Waals surface area (Å²) in [5.41, 5.74) is 2.40. The molecule has 0 amide bonds. The number of hydrogen-bond donors (Lipinski definition) is 1. The van der Waals surface area contributed by atoms with Crippen molar-refractivity contribution < 1.29 is 4.74 Å². The molecule has 0 spiro atoms. The Bertz CT molecular complexity index is 967.